The van der Waals surface area contributed by atoms with E-state index in [4.69, 9.17) is 5.41 Å². The third kappa shape index (κ3) is 12.3. The normalized spacial score (nSPS) is 9.55. The molecule has 11 heavy (non-hydrogen) atoms. The van der Waals surface area contributed by atoms with E-state index in [1.807, 2.05) is 6.92 Å². The Bertz CT molecular complexity index is 126. The first-order valence-corrected chi connectivity index (χ1v) is 3.93. The van der Waals surface area contributed by atoms with Gasteiger partial charge in [-0.05, 0) is 19.2 Å². The average molecular weight is 154 g/mol. The molecule has 0 aromatic heterocycles. The Morgan fingerprint density at radius 3 is 2.00 bits per heavy atom. The van der Waals surface area contributed by atoms with Crippen molar-refractivity contribution in [2.24, 2.45) is 4.99 Å². The third-order valence-corrected chi connectivity index (χ3v) is 0.841. The third-order valence-electron chi connectivity index (χ3n) is 0.841. The van der Waals surface area contributed by atoms with Crippen LogP contribution in [0.2, 0.25) is 0 Å². The number of hydrogen-bond donors (Lipinski definition) is 1. The monoisotopic (exact) mass is 154 g/mol. The van der Waals surface area contributed by atoms with E-state index in [0.29, 0.717) is 0 Å². The molecule has 0 spiro atoms. The largest absolute Gasteiger partial charge is 0.309 e. The van der Waals surface area contributed by atoms with E-state index in [9.17, 15) is 0 Å². The summed E-state index contributed by atoms with van der Waals surface area (Å²) in [7, 11) is 0. The van der Waals surface area contributed by atoms with E-state index >= 15 is 0 Å². The lowest BCUT2D eigenvalue weighted by Gasteiger charge is -1.88. The van der Waals surface area contributed by atoms with E-state index in [-0.39, 0.29) is 0 Å². The zero-order valence-corrected chi connectivity index (χ0v) is 7.72. The van der Waals surface area contributed by atoms with Crippen molar-refractivity contribution in [3.05, 3.63) is 11.8 Å². The molecule has 64 valence electrons. The molecule has 0 fully saturated rings. The first-order valence-electron chi connectivity index (χ1n) is 3.93. The van der Waals surface area contributed by atoms with Gasteiger partial charge in [-0.15, -0.1) is 0 Å². The molecule has 0 unspecified atom stereocenters. The number of hydrogen-bond acceptors (Lipinski definition) is 2. The summed E-state index contributed by atoms with van der Waals surface area (Å²) < 4.78 is 0. The maximum Gasteiger partial charge on any atom is 0.0408 e. The Morgan fingerprint density at radius 1 is 1.45 bits per heavy atom. The Balaban J connectivity index is 0. The number of aliphatic imine (C=N–C) groups is 1. The van der Waals surface area contributed by atoms with Crippen LogP contribution in [0, 0.1) is 5.41 Å². The Kier molecular flexibility index (Phi) is 13.7. The molecule has 0 aromatic carbocycles. The van der Waals surface area contributed by atoms with Crippen molar-refractivity contribution in [2.45, 2.75) is 33.6 Å². The summed E-state index contributed by atoms with van der Waals surface area (Å²) >= 11 is 0. The van der Waals surface area contributed by atoms with E-state index in [2.05, 4.69) is 25.6 Å². The molecule has 0 amide bonds. The van der Waals surface area contributed by atoms with Gasteiger partial charge in [-0.25, -0.2) is 0 Å². The second-order valence-corrected chi connectivity index (χ2v) is 2.04. The first kappa shape index (κ1) is 12.7. The lowest BCUT2D eigenvalue weighted by Crippen LogP contribution is -1.72. The molecule has 0 aliphatic rings. The van der Waals surface area contributed by atoms with Gasteiger partial charge in [0.1, 0.15) is 0 Å². The summed E-state index contributed by atoms with van der Waals surface area (Å²) in [5.41, 5.74) is 0.861. The van der Waals surface area contributed by atoms with Crippen LogP contribution in [-0.2, 0) is 0 Å². The molecular formula is C9H18N2. The van der Waals surface area contributed by atoms with E-state index in [0.717, 1.165) is 12.1 Å². The van der Waals surface area contributed by atoms with Crippen molar-refractivity contribution < 1.29 is 0 Å². The van der Waals surface area contributed by atoms with Gasteiger partial charge in [0.05, 0.1) is 0 Å². The minimum absolute atomic E-state index is 0.846. The quantitative estimate of drug-likeness (QED) is 0.606. The zero-order chi connectivity index (χ0) is 9.11. The summed E-state index contributed by atoms with van der Waals surface area (Å²) in [5.74, 6) is 0. The molecule has 0 heterocycles. The molecule has 0 rings (SSSR count). The average Bonchev–Trinajstić information content (AvgIpc) is 2.02. The molecule has 2 nitrogen and oxygen atoms in total. The van der Waals surface area contributed by atoms with Gasteiger partial charge in [-0.2, -0.15) is 0 Å². The molecule has 0 atom stereocenters. The van der Waals surface area contributed by atoms with Crippen molar-refractivity contribution in [3.8, 4) is 0 Å². The molecular weight excluding hydrogens is 136 g/mol. The number of rotatable bonds is 3. The molecule has 0 radical (unpaired) electrons. The molecule has 0 aliphatic heterocycles. The van der Waals surface area contributed by atoms with Crippen molar-refractivity contribution >= 4 is 12.9 Å². The fraction of sp³-hybridized carbons (Fsp3) is 0.556. The highest BCUT2D eigenvalue weighted by Crippen LogP contribution is 1.97. The van der Waals surface area contributed by atoms with Gasteiger partial charge in [0, 0.05) is 11.9 Å². The van der Waals surface area contributed by atoms with E-state index in [1.165, 1.54) is 12.6 Å². The van der Waals surface area contributed by atoms with Gasteiger partial charge in [-0.3, -0.25) is 4.99 Å². The van der Waals surface area contributed by atoms with Gasteiger partial charge >= 0.3 is 0 Å². The van der Waals surface area contributed by atoms with Crippen molar-refractivity contribution in [1.29, 1.82) is 5.41 Å². The Morgan fingerprint density at radius 2 is 1.91 bits per heavy atom. The molecule has 0 aliphatic carbocycles. The summed E-state index contributed by atoms with van der Waals surface area (Å²) in [5, 5.41) is 6.65. The minimum atomic E-state index is 0.846. The number of allylic oxidation sites excluding steroid dienone is 2. The summed E-state index contributed by atoms with van der Waals surface area (Å²) in [6.07, 6.45) is 4.94. The molecule has 0 aromatic rings. The minimum Gasteiger partial charge on any atom is -0.309 e. The standard InChI is InChI=1S/C6H10N2.C3H8/c1-3-6(8-2)4-5-7;1-3-2/h4-5,7H,2-3H2,1H3;3H2,1-2H3/b6-4-,7-5?;. The summed E-state index contributed by atoms with van der Waals surface area (Å²) in [6.45, 7) is 9.56. The van der Waals surface area contributed by atoms with Gasteiger partial charge in [0.15, 0.2) is 0 Å². The van der Waals surface area contributed by atoms with Crippen LogP contribution in [0.1, 0.15) is 33.6 Å². The van der Waals surface area contributed by atoms with Gasteiger partial charge in [0.2, 0.25) is 0 Å². The second kappa shape index (κ2) is 11.8. The highest BCUT2D eigenvalue weighted by molar-refractivity contribution is 5.69. The lowest BCUT2D eigenvalue weighted by atomic mass is 10.3. The van der Waals surface area contributed by atoms with Crippen LogP contribution in [0.4, 0.5) is 0 Å². The Hall–Kier alpha value is -0.920. The first-order chi connectivity index (χ1) is 5.26. The van der Waals surface area contributed by atoms with Crippen LogP contribution in [0.15, 0.2) is 16.8 Å². The van der Waals surface area contributed by atoms with Crippen LogP contribution < -0.4 is 0 Å². The van der Waals surface area contributed by atoms with Crippen molar-refractivity contribution in [1.82, 2.24) is 0 Å². The van der Waals surface area contributed by atoms with Crippen LogP contribution in [0.3, 0.4) is 0 Å². The maximum absolute atomic E-state index is 6.65. The number of nitrogens with zero attached hydrogens (tertiary/aromatic N) is 1. The zero-order valence-electron chi connectivity index (χ0n) is 7.72. The van der Waals surface area contributed by atoms with E-state index < -0.39 is 0 Å². The molecule has 0 saturated heterocycles. The lowest BCUT2D eigenvalue weighted by molar-refractivity contribution is 1.08. The smallest absolute Gasteiger partial charge is 0.0408 e. The van der Waals surface area contributed by atoms with Crippen LogP contribution >= 0.6 is 0 Å². The van der Waals surface area contributed by atoms with Crippen LogP contribution in [0.5, 0.6) is 0 Å². The van der Waals surface area contributed by atoms with Crippen molar-refractivity contribution in [3.63, 3.8) is 0 Å². The SMILES string of the molecule is C=N/C(=C\C=N)CC.CCC. The molecule has 0 bridgehead atoms. The Labute approximate surface area is 69.6 Å². The molecule has 0 saturated carbocycles. The van der Waals surface area contributed by atoms with Gasteiger partial charge in [0.25, 0.3) is 0 Å². The fourth-order valence-corrected chi connectivity index (χ4v) is 0.379. The van der Waals surface area contributed by atoms with Gasteiger partial charge < -0.3 is 5.41 Å². The predicted molar refractivity (Wildman–Crippen MR) is 52.7 cm³/mol. The highest BCUT2D eigenvalue weighted by atomic mass is 14.7. The van der Waals surface area contributed by atoms with Crippen LogP contribution in [0.25, 0.3) is 0 Å². The summed E-state index contributed by atoms with van der Waals surface area (Å²) in [6, 6.07) is 0. The topological polar surface area (TPSA) is 36.2 Å². The number of nitrogens with one attached hydrogen (secondary N) is 1. The predicted octanol–water partition coefficient (Wildman–Crippen LogP) is 3.05. The molecule has 1 N–H and O–H groups in total. The van der Waals surface area contributed by atoms with Crippen LogP contribution in [-0.4, -0.2) is 12.9 Å². The highest BCUT2D eigenvalue weighted by Gasteiger charge is 1.81. The fourth-order valence-electron chi connectivity index (χ4n) is 0.379. The van der Waals surface area contributed by atoms with Gasteiger partial charge in [-0.1, -0.05) is 27.2 Å². The van der Waals surface area contributed by atoms with E-state index in [1.54, 1.807) is 6.08 Å². The van der Waals surface area contributed by atoms with Crippen molar-refractivity contribution in [2.75, 3.05) is 0 Å². The molecule has 2 heteroatoms. The second-order valence-electron chi connectivity index (χ2n) is 2.04. The maximum atomic E-state index is 6.65. The summed E-state index contributed by atoms with van der Waals surface area (Å²) in [4.78, 5) is 3.66.